The number of aliphatic hydroxyl groups is 1. The predicted octanol–water partition coefficient (Wildman–Crippen LogP) is 2.22. The Morgan fingerprint density at radius 2 is 1.47 bits per heavy atom. The summed E-state index contributed by atoms with van der Waals surface area (Å²) in [7, 11) is 0. The van der Waals surface area contributed by atoms with Crippen LogP contribution in [0.1, 0.15) is 48.0 Å². The number of ether oxygens (including phenoxy) is 2. The van der Waals surface area contributed by atoms with E-state index in [0.29, 0.717) is 0 Å². The molecular formula is C14H26O5. The average Bonchev–Trinajstić information content (AvgIpc) is 2.13. The normalized spacial score (nSPS) is 10.9. The van der Waals surface area contributed by atoms with Gasteiger partial charge in [-0.25, -0.2) is 4.79 Å². The molecule has 5 nitrogen and oxygen atoms in total. The molecule has 0 aromatic heterocycles. The number of esters is 2. The highest BCUT2D eigenvalue weighted by atomic mass is 16.6. The molecule has 0 aliphatic heterocycles. The zero-order valence-electron chi connectivity index (χ0n) is 12.8. The Balaban J connectivity index is 0. The number of aliphatic hydroxyl groups excluding tert-OH is 1. The van der Waals surface area contributed by atoms with Gasteiger partial charge in [0.05, 0.1) is 13.0 Å². The molecular weight excluding hydrogens is 248 g/mol. The molecule has 0 radical (unpaired) electrons. The fourth-order valence-corrected chi connectivity index (χ4v) is 0.827. The monoisotopic (exact) mass is 274 g/mol. The Morgan fingerprint density at radius 3 is 1.68 bits per heavy atom. The van der Waals surface area contributed by atoms with Crippen LogP contribution in [-0.4, -0.2) is 34.9 Å². The Labute approximate surface area is 115 Å². The van der Waals surface area contributed by atoms with Gasteiger partial charge in [-0.2, -0.15) is 0 Å². The number of hydrogen-bond acceptors (Lipinski definition) is 5. The van der Waals surface area contributed by atoms with Gasteiger partial charge in [0.15, 0.2) is 0 Å². The molecule has 0 fully saturated rings. The van der Waals surface area contributed by atoms with Crippen molar-refractivity contribution in [2.24, 2.45) is 0 Å². The van der Waals surface area contributed by atoms with Crippen LogP contribution >= 0.6 is 0 Å². The quantitative estimate of drug-likeness (QED) is 0.631. The van der Waals surface area contributed by atoms with E-state index in [9.17, 15) is 9.59 Å². The highest BCUT2D eigenvalue weighted by molar-refractivity contribution is 5.81. The van der Waals surface area contributed by atoms with Crippen LogP contribution in [-0.2, 0) is 19.1 Å². The Kier molecular flexibility index (Phi) is 9.13. The van der Waals surface area contributed by atoms with Gasteiger partial charge in [0.25, 0.3) is 0 Å². The van der Waals surface area contributed by atoms with Gasteiger partial charge in [-0.3, -0.25) is 4.79 Å². The molecule has 0 saturated carbocycles. The van der Waals surface area contributed by atoms with Crippen molar-refractivity contribution < 1.29 is 24.2 Å². The lowest BCUT2D eigenvalue weighted by atomic mass is 10.2. The smallest absolute Gasteiger partial charge is 0.330 e. The van der Waals surface area contributed by atoms with E-state index in [1.54, 1.807) is 20.8 Å². The maximum absolute atomic E-state index is 10.7. The van der Waals surface area contributed by atoms with Crippen LogP contribution in [0, 0.1) is 0 Å². The van der Waals surface area contributed by atoms with Crippen molar-refractivity contribution >= 4 is 11.9 Å². The summed E-state index contributed by atoms with van der Waals surface area (Å²) in [6, 6.07) is 0. The number of hydrogen-bond donors (Lipinski definition) is 1. The summed E-state index contributed by atoms with van der Waals surface area (Å²) in [4.78, 5) is 21.2. The minimum absolute atomic E-state index is 0.0806. The third-order valence-electron chi connectivity index (χ3n) is 1.31. The first kappa shape index (κ1) is 20.0. The highest BCUT2D eigenvalue weighted by Crippen LogP contribution is 2.07. The van der Waals surface area contributed by atoms with Crippen LogP contribution in [0.3, 0.4) is 0 Å². The first-order valence-corrected chi connectivity index (χ1v) is 6.09. The average molecular weight is 274 g/mol. The van der Waals surface area contributed by atoms with Gasteiger partial charge in [-0.15, -0.1) is 0 Å². The van der Waals surface area contributed by atoms with Crippen molar-refractivity contribution in [3.63, 3.8) is 0 Å². The molecule has 19 heavy (non-hydrogen) atoms. The molecule has 0 atom stereocenters. The molecule has 0 unspecified atom stereocenters. The van der Waals surface area contributed by atoms with E-state index < -0.39 is 11.2 Å². The maximum atomic E-state index is 10.7. The van der Waals surface area contributed by atoms with Crippen LogP contribution in [0.5, 0.6) is 0 Å². The zero-order valence-corrected chi connectivity index (χ0v) is 12.8. The first-order chi connectivity index (χ1) is 8.41. The molecule has 0 heterocycles. The summed E-state index contributed by atoms with van der Waals surface area (Å²) >= 11 is 0. The molecule has 0 rings (SSSR count). The lowest BCUT2D eigenvalue weighted by Crippen LogP contribution is -2.24. The van der Waals surface area contributed by atoms with E-state index in [1.165, 1.54) is 0 Å². The summed E-state index contributed by atoms with van der Waals surface area (Å²) in [5.74, 6) is -0.725. The number of rotatable bonds is 3. The fraction of sp³-hybridized carbons (Fsp3) is 0.714. The molecule has 0 bridgehead atoms. The predicted molar refractivity (Wildman–Crippen MR) is 73.6 cm³/mol. The van der Waals surface area contributed by atoms with Crippen LogP contribution in [0.4, 0.5) is 0 Å². The molecule has 0 aromatic rings. The highest BCUT2D eigenvalue weighted by Gasteiger charge is 2.15. The summed E-state index contributed by atoms with van der Waals surface area (Å²) in [6.07, 6.45) is 1.24. The molecule has 0 saturated heterocycles. The van der Waals surface area contributed by atoms with E-state index >= 15 is 0 Å². The lowest BCUT2D eigenvalue weighted by molar-refractivity contribution is -0.155. The zero-order chi connectivity index (χ0) is 15.7. The minimum atomic E-state index is -0.438. The van der Waals surface area contributed by atoms with E-state index in [1.807, 2.05) is 20.8 Å². The van der Waals surface area contributed by atoms with Crippen molar-refractivity contribution in [2.45, 2.75) is 59.2 Å². The van der Waals surface area contributed by atoms with Crippen molar-refractivity contribution in [1.29, 1.82) is 0 Å². The molecule has 1 N–H and O–H groups in total. The van der Waals surface area contributed by atoms with Crippen molar-refractivity contribution in [2.75, 3.05) is 6.61 Å². The maximum Gasteiger partial charge on any atom is 0.330 e. The van der Waals surface area contributed by atoms with E-state index in [-0.39, 0.29) is 25.0 Å². The second kappa shape index (κ2) is 8.69. The Hall–Kier alpha value is -1.36. The SMILES string of the molecule is C=CC(=O)OC(C)(C)C.CC(C)(C)OC(=O)CCO. The topological polar surface area (TPSA) is 72.8 Å². The van der Waals surface area contributed by atoms with Crippen molar-refractivity contribution in [1.82, 2.24) is 0 Å². The van der Waals surface area contributed by atoms with Crippen molar-refractivity contribution in [3.05, 3.63) is 12.7 Å². The Morgan fingerprint density at radius 1 is 1.05 bits per heavy atom. The molecule has 5 heteroatoms. The van der Waals surface area contributed by atoms with Gasteiger partial charge in [0.2, 0.25) is 0 Å². The van der Waals surface area contributed by atoms with E-state index in [0.717, 1.165) is 6.08 Å². The third-order valence-corrected chi connectivity index (χ3v) is 1.31. The summed E-state index contributed by atoms with van der Waals surface area (Å²) in [5.41, 5.74) is -0.836. The molecule has 0 aliphatic rings. The largest absolute Gasteiger partial charge is 0.460 e. The van der Waals surface area contributed by atoms with Gasteiger partial charge in [-0.05, 0) is 41.5 Å². The van der Waals surface area contributed by atoms with E-state index in [2.05, 4.69) is 6.58 Å². The fourth-order valence-electron chi connectivity index (χ4n) is 0.827. The summed E-state index contributed by atoms with van der Waals surface area (Å²) < 4.78 is 9.71. The second-order valence-electron chi connectivity index (χ2n) is 5.80. The van der Waals surface area contributed by atoms with Gasteiger partial charge in [0, 0.05) is 6.08 Å². The van der Waals surface area contributed by atoms with Gasteiger partial charge in [-0.1, -0.05) is 6.58 Å². The molecule has 0 aliphatic carbocycles. The van der Waals surface area contributed by atoms with Crippen LogP contribution < -0.4 is 0 Å². The van der Waals surface area contributed by atoms with Crippen LogP contribution in [0.25, 0.3) is 0 Å². The van der Waals surface area contributed by atoms with Gasteiger partial charge in [0.1, 0.15) is 11.2 Å². The lowest BCUT2D eigenvalue weighted by Gasteiger charge is -2.18. The van der Waals surface area contributed by atoms with Crippen molar-refractivity contribution in [3.8, 4) is 0 Å². The Bertz CT molecular complexity index is 294. The molecule has 0 amide bonds. The second-order valence-corrected chi connectivity index (χ2v) is 5.80. The van der Waals surface area contributed by atoms with Crippen LogP contribution in [0.2, 0.25) is 0 Å². The van der Waals surface area contributed by atoms with Gasteiger partial charge >= 0.3 is 11.9 Å². The van der Waals surface area contributed by atoms with Crippen LogP contribution in [0.15, 0.2) is 12.7 Å². The molecule has 0 spiro atoms. The summed E-state index contributed by atoms with van der Waals surface area (Å²) in [5, 5.41) is 8.33. The van der Waals surface area contributed by atoms with E-state index in [4.69, 9.17) is 14.6 Å². The molecule has 112 valence electrons. The number of carbonyl (C=O) groups is 2. The minimum Gasteiger partial charge on any atom is -0.460 e. The third kappa shape index (κ3) is 19.2. The standard InChI is InChI=1S/C7H14O3.C7H12O2/c1-7(2,3)10-6(9)4-5-8;1-5-6(8)9-7(2,3)4/h8H,4-5H2,1-3H3;5H,1H2,2-4H3. The summed E-state index contributed by atoms with van der Waals surface area (Å²) in [6.45, 7) is 13.9. The molecule has 0 aromatic carbocycles. The number of carbonyl (C=O) groups excluding carboxylic acids is 2. The van der Waals surface area contributed by atoms with Gasteiger partial charge < -0.3 is 14.6 Å². The first-order valence-electron chi connectivity index (χ1n) is 6.09.